The van der Waals surface area contributed by atoms with Crippen LogP contribution in [-0.2, 0) is 4.79 Å². The Morgan fingerprint density at radius 3 is 2.42 bits per heavy atom. The number of thioether (sulfide) groups is 1. The van der Waals surface area contributed by atoms with Crippen LogP contribution >= 0.6 is 11.8 Å². The van der Waals surface area contributed by atoms with Crippen LogP contribution in [0.4, 0.5) is 11.6 Å². The van der Waals surface area contributed by atoms with E-state index in [1.807, 2.05) is 11.5 Å². The van der Waals surface area contributed by atoms with E-state index in [0.29, 0.717) is 16.4 Å². The summed E-state index contributed by atoms with van der Waals surface area (Å²) >= 11 is 1.38. The lowest BCUT2D eigenvalue weighted by Crippen LogP contribution is -2.24. The van der Waals surface area contributed by atoms with Gasteiger partial charge in [-0.2, -0.15) is 5.26 Å². The first-order valence-electron chi connectivity index (χ1n) is 10.3. The van der Waals surface area contributed by atoms with E-state index >= 15 is 0 Å². The van der Waals surface area contributed by atoms with E-state index < -0.39 is 0 Å². The average molecular weight is 433 g/mol. The lowest BCUT2D eigenvalue weighted by molar-refractivity contribution is -0.115. The summed E-state index contributed by atoms with van der Waals surface area (Å²) in [4.78, 5) is 15.0. The molecule has 4 rings (SSSR count). The van der Waals surface area contributed by atoms with Gasteiger partial charge in [0.25, 0.3) is 0 Å². The Morgan fingerprint density at radius 2 is 1.77 bits per heavy atom. The van der Waals surface area contributed by atoms with Gasteiger partial charge >= 0.3 is 0 Å². The SMILES string of the molecule is Cc1ccc(-n2c(SC(C)C(=O)Nc3ccc(C#N)cc3)nnc2N2CCCC2)cc1. The second kappa shape index (κ2) is 9.23. The Bertz CT molecular complexity index is 1090. The van der Waals surface area contributed by atoms with Gasteiger partial charge in [-0.15, -0.1) is 10.2 Å². The monoisotopic (exact) mass is 432 g/mol. The Hall–Kier alpha value is -3.31. The van der Waals surface area contributed by atoms with Crippen LogP contribution in [0.25, 0.3) is 5.69 Å². The maximum Gasteiger partial charge on any atom is 0.237 e. The molecule has 1 aliphatic rings. The zero-order chi connectivity index (χ0) is 21.8. The first-order valence-corrected chi connectivity index (χ1v) is 11.2. The van der Waals surface area contributed by atoms with Crippen LogP contribution in [0.2, 0.25) is 0 Å². The molecule has 1 aromatic heterocycles. The molecule has 0 radical (unpaired) electrons. The van der Waals surface area contributed by atoms with Crippen molar-refractivity contribution in [1.29, 1.82) is 5.26 Å². The fourth-order valence-corrected chi connectivity index (χ4v) is 4.33. The van der Waals surface area contributed by atoms with Gasteiger partial charge in [-0.3, -0.25) is 9.36 Å². The minimum atomic E-state index is -0.379. The molecule has 3 aromatic rings. The highest BCUT2D eigenvalue weighted by Crippen LogP contribution is 2.31. The number of nitrogens with one attached hydrogen (secondary N) is 1. The number of aromatic nitrogens is 3. The third-order valence-electron chi connectivity index (χ3n) is 5.23. The second-order valence-electron chi connectivity index (χ2n) is 7.59. The van der Waals surface area contributed by atoms with Crippen molar-refractivity contribution in [3.05, 3.63) is 59.7 Å². The summed E-state index contributed by atoms with van der Waals surface area (Å²) in [6.45, 7) is 5.84. The first-order chi connectivity index (χ1) is 15.0. The summed E-state index contributed by atoms with van der Waals surface area (Å²) < 4.78 is 2.04. The molecule has 0 aliphatic carbocycles. The molecule has 1 amide bonds. The maximum atomic E-state index is 12.8. The molecule has 7 nitrogen and oxygen atoms in total. The summed E-state index contributed by atoms with van der Waals surface area (Å²) in [6, 6.07) is 17.2. The second-order valence-corrected chi connectivity index (χ2v) is 8.89. The van der Waals surface area contributed by atoms with Crippen molar-refractivity contribution in [2.45, 2.75) is 37.1 Å². The molecule has 0 saturated carbocycles. The molecule has 0 spiro atoms. The number of carbonyl (C=O) groups is 1. The van der Waals surface area contributed by atoms with E-state index in [1.165, 1.54) is 17.3 Å². The van der Waals surface area contributed by atoms with Gasteiger partial charge in [0.1, 0.15) is 0 Å². The Morgan fingerprint density at radius 1 is 1.10 bits per heavy atom. The molecule has 158 valence electrons. The molecule has 1 aliphatic heterocycles. The minimum absolute atomic E-state index is 0.129. The van der Waals surface area contributed by atoms with E-state index in [9.17, 15) is 4.79 Å². The molecule has 0 bridgehead atoms. The normalized spacial score (nSPS) is 14.3. The summed E-state index contributed by atoms with van der Waals surface area (Å²) in [6.07, 6.45) is 2.29. The summed E-state index contributed by atoms with van der Waals surface area (Å²) in [5.41, 5.74) is 3.39. The largest absolute Gasteiger partial charge is 0.341 e. The number of aryl methyl sites for hydroxylation is 1. The van der Waals surface area contributed by atoms with Crippen LogP contribution in [0.1, 0.15) is 30.9 Å². The quantitative estimate of drug-likeness (QED) is 0.589. The van der Waals surface area contributed by atoms with Crippen LogP contribution in [0.5, 0.6) is 0 Å². The lowest BCUT2D eigenvalue weighted by Gasteiger charge is -2.19. The number of hydrogen-bond acceptors (Lipinski definition) is 6. The van der Waals surface area contributed by atoms with Gasteiger partial charge < -0.3 is 10.2 Å². The van der Waals surface area contributed by atoms with Gasteiger partial charge in [0, 0.05) is 18.8 Å². The van der Waals surface area contributed by atoms with E-state index in [-0.39, 0.29) is 11.2 Å². The van der Waals surface area contributed by atoms with Gasteiger partial charge in [0.05, 0.1) is 22.6 Å². The average Bonchev–Trinajstić information content (AvgIpc) is 3.45. The van der Waals surface area contributed by atoms with Crippen LogP contribution in [0.15, 0.2) is 53.7 Å². The van der Waals surface area contributed by atoms with E-state index in [0.717, 1.165) is 37.6 Å². The molecule has 1 atom stereocenters. The van der Waals surface area contributed by atoms with Crippen molar-refractivity contribution < 1.29 is 4.79 Å². The minimum Gasteiger partial charge on any atom is -0.341 e. The molecule has 1 saturated heterocycles. The Kier molecular flexibility index (Phi) is 6.23. The maximum absolute atomic E-state index is 12.8. The smallest absolute Gasteiger partial charge is 0.237 e. The van der Waals surface area contributed by atoms with E-state index in [4.69, 9.17) is 5.26 Å². The zero-order valence-electron chi connectivity index (χ0n) is 17.6. The molecule has 2 heterocycles. The molecule has 8 heteroatoms. The van der Waals surface area contributed by atoms with Crippen LogP contribution < -0.4 is 10.2 Å². The number of rotatable bonds is 6. The Balaban J connectivity index is 1.56. The number of anilines is 2. The molecule has 1 unspecified atom stereocenters. The number of nitrogens with zero attached hydrogens (tertiary/aromatic N) is 5. The predicted octanol–water partition coefficient (Wildman–Crippen LogP) is 4.17. The molecule has 31 heavy (non-hydrogen) atoms. The Labute approximate surface area is 186 Å². The number of amides is 1. The molecule has 2 aromatic carbocycles. The number of hydrogen-bond donors (Lipinski definition) is 1. The van der Waals surface area contributed by atoms with Gasteiger partial charge in [0.15, 0.2) is 5.16 Å². The van der Waals surface area contributed by atoms with Crippen molar-refractivity contribution in [3.63, 3.8) is 0 Å². The van der Waals surface area contributed by atoms with Crippen LogP contribution in [0, 0.1) is 18.3 Å². The highest BCUT2D eigenvalue weighted by molar-refractivity contribution is 8.00. The summed E-state index contributed by atoms with van der Waals surface area (Å²) in [7, 11) is 0. The van der Waals surface area contributed by atoms with Crippen LogP contribution in [0.3, 0.4) is 0 Å². The first kappa shape index (κ1) is 20.9. The standard InChI is InChI=1S/C23H24N6OS/c1-16-5-11-20(12-6-16)29-22(28-13-3-4-14-28)26-27-23(29)31-17(2)21(30)25-19-9-7-18(15-24)8-10-19/h5-12,17H,3-4,13-14H2,1-2H3,(H,25,30). The highest BCUT2D eigenvalue weighted by atomic mass is 32.2. The summed E-state index contributed by atoms with van der Waals surface area (Å²) in [5.74, 6) is 0.694. The van der Waals surface area contributed by atoms with Crippen molar-refractivity contribution in [3.8, 4) is 11.8 Å². The van der Waals surface area contributed by atoms with Crippen molar-refractivity contribution in [2.24, 2.45) is 0 Å². The predicted molar refractivity (Wildman–Crippen MR) is 123 cm³/mol. The van der Waals surface area contributed by atoms with E-state index in [2.05, 4.69) is 57.7 Å². The van der Waals surface area contributed by atoms with Crippen LogP contribution in [-0.4, -0.2) is 39.0 Å². The fourth-order valence-electron chi connectivity index (χ4n) is 3.46. The number of benzene rings is 2. The molecular weight excluding hydrogens is 408 g/mol. The van der Waals surface area contributed by atoms with Gasteiger partial charge in [0.2, 0.25) is 11.9 Å². The van der Waals surface area contributed by atoms with E-state index in [1.54, 1.807) is 24.3 Å². The third kappa shape index (κ3) is 4.72. The zero-order valence-corrected chi connectivity index (χ0v) is 18.4. The molecular formula is C23H24N6OS. The van der Waals surface area contributed by atoms with Gasteiger partial charge in [-0.1, -0.05) is 29.5 Å². The molecule has 1 N–H and O–H groups in total. The van der Waals surface area contributed by atoms with Gasteiger partial charge in [-0.25, -0.2) is 0 Å². The molecule has 1 fully saturated rings. The topological polar surface area (TPSA) is 86.8 Å². The van der Waals surface area contributed by atoms with Crippen molar-refractivity contribution in [2.75, 3.05) is 23.3 Å². The van der Waals surface area contributed by atoms with Crippen molar-refractivity contribution in [1.82, 2.24) is 14.8 Å². The third-order valence-corrected chi connectivity index (χ3v) is 6.27. The number of carbonyl (C=O) groups excluding carboxylic acids is 1. The lowest BCUT2D eigenvalue weighted by atomic mass is 10.2. The van der Waals surface area contributed by atoms with Crippen molar-refractivity contribution >= 4 is 29.3 Å². The van der Waals surface area contributed by atoms with Gasteiger partial charge in [-0.05, 0) is 63.1 Å². The highest BCUT2D eigenvalue weighted by Gasteiger charge is 2.25. The fraction of sp³-hybridized carbons (Fsp3) is 0.304. The summed E-state index contributed by atoms with van der Waals surface area (Å²) in [5, 5.41) is 21.0. The number of nitriles is 1.